The third kappa shape index (κ3) is 2.41. The summed E-state index contributed by atoms with van der Waals surface area (Å²) in [7, 11) is 0. The van der Waals surface area contributed by atoms with Crippen LogP contribution in [0.1, 0.15) is 16.7 Å². The van der Waals surface area contributed by atoms with E-state index in [1.807, 2.05) is 25.1 Å². The van der Waals surface area contributed by atoms with Crippen LogP contribution >= 0.6 is 0 Å². The number of anilines is 3. The van der Waals surface area contributed by atoms with Crippen molar-refractivity contribution in [2.45, 2.75) is 20.8 Å². The van der Waals surface area contributed by atoms with Crippen molar-refractivity contribution in [1.29, 1.82) is 0 Å². The quantitative estimate of drug-likeness (QED) is 0.761. The molecule has 0 unspecified atom stereocenters. The van der Waals surface area contributed by atoms with Gasteiger partial charge >= 0.3 is 0 Å². The number of nitrogens with one attached hydrogen (secondary N) is 1. The fourth-order valence-corrected chi connectivity index (χ4v) is 1.89. The summed E-state index contributed by atoms with van der Waals surface area (Å²) >= 11 is 0. The number of hydrogen-bond acceptors (Lipinski definition) is 2. The highest BCUT2D eigenvalue weighted by Gasteiger charge is 2.03. The Morgan fingerprint density at radius 1 is 0.941 bits per heavy atom. The molecular weight excluding hydrogens is 208 g/mol. The predicted molar refractivity (Wildman–Crippen MR) is 74.8 cm³/mol. The Hall–Kier alpha value is -1.96. The highest BCUT2D eigenvalue weighted by Crippen LogP contribution is 2.26. The largest absolute Gasteiger partial charge is 0.398 e. The second kappa shape index (κ2) is 4.50. The Balaban J connectivity index is 2.35. The fraction of sp³-hybridized carbons (Fsp3) is 0.200. The Labute approximate surface area is 102 Å². The Morgan fingerprint density at radius 3 is 2.41 bits per heavy atom. The first-order chi connectivity index (χ1) is 8.08. The zero-order valence-corrected chi connectivity index (χ0v) is 10.5. The monoisotopic (exact) mass is 226 g/mol. The van der Waals surface area contributed by atoms with Crippen molar-refractivity contribution < 1.29 is 0 Å². The maximum atomic E-state index is 5.90. The normalized spacial score (nSPS) is 10.3. The molecule has 0 aliphatic rings. The molecule has 0 bridgehead atoms. The van der Waals surface area contributed by atoms with Crippen molar-refractivity contribution in [3.05, 3.63) is 53.1 Å². The van der Waals surface area contributed by atoms with Gasteiger partial charge in [-0.25, -0.2) is 0 Å². The van der Waals surface area contributed by atoms with Gasteiger partial charge in [0, 0.05) is 17.1 Å². The molecule has 0 radical (unpaired) electrons. The van der Waals surface area contributed by atoms with Crippen molar-refractivity contribution in [2.75, 3.05) is 11.1 Å². The molecule has 2 nitrogen and oxygen atoms in total. The van der Waals surface area contributed by atoms with Crippen molar-refractivity contribution in [1.82, 2.24) is 0 Å². The average Bonchev–Trinajstić information content (AvgIpc) is 2.28. The first kappa shape index (κ1) is 11.5. The summed E-state index contributed by atoms with van der Waals surface area (Å²) in [6, 6.07) is 12.3. The van der Waals surface area contributed by atoms with Crippen LogP contribution in [0.2, 0.25) is 0 Å². The molecule has 2 aromatic carbocycles. The zero-order valence-electron chi connectivity index (χ0n) is 10.5. The molecule has 17 heavy (non-hydrogen) atoms. The molecule has 2 heteroatoms. The van der Waals surface area contributed by atoms with Gasteiger partial charge in [0.1, 0.15) is 0 Å². The number of nitrogen functional groups attached to an aromatic ring is 1. The van der Waals surface area contributed by atoms with Crippen LogP contribution in [0.5, 0.6) is 0 Å². The van der Waals surface area contributed by atoms with Gasteiger partial charge in [-0.3, -0.25) is 0 Å². The lowest BCUT2D eigenvalue weighted by Gasteiger charge is -2.13. The lowest BCUT2D eigenvalue weighted by atomic mass is 10.1. The van der Waals surface area contributed by atoms with Crippen LogP contribution in [-0.2, 0) is 0 Å². The molecule has 2 rings (SSSR count). The van der Waals surface area contributed by atoms with E-state index in [0.717, 1.165) is 22.6 Å². The van der Waals surface area contributed by atoms with Crippen molar-refractivity contribution >= 4 is 17.1 Å². The van der Waals surface area contributed by atoms with E-state index >= 15 is 0 Å². The SMILES string of the molecule is Cc1ccc(Nc2cccc(N)c2C)c(C)c1. The third-order valence-electron chi connectivity index (χ3n) is 3.03. The minimum Gasteiger partial charge on any atom is -0.398 e. The van der Waals surface area contributed by atoms with E-state index < -0.39 is 0 Å². The molecule has 0 saturated carbocycles. The van der Waals surface area contributed by atoms with Gasteiger partial charge in [0.25, 0.3) is 0 Å². The van der Waals surface area contributed by atoms with Crippen LogP contribution in [0.4, 0.5) is 17.1 Å². The number of rotatable bonds is 2. The minimum absolute atomic E-state index is 0.819. The summed E-state index contributed by atoms with van der Waals surface area (Å²) in [6.07, 6.45) is 0. The van der Waals surface area contributed by atoms with Crippen LogP contribution < -0.4 is 11.1 Å². The van der Waals surface area contributed by atoms with Gasteiger partial charge in [0.05, 0.1) is 0 Å². The molecule has 0 aromatic heterocycles. The molecule has 0 saturated heterocycles. The first-order valence-corrected chi connectivity index (χ1v) is 5.77. The first-order valence-electron chi connectivity index (χ1n) is 5.77. The van der Waals surface area contributed by atoms with E-state index in [-0.39, 0.29) is 0 Å². The van der Waals surface area contributed by atoms with Crippen LogP contribution in [0.3, 0.4) is 0 Å². The van der Waals surface area contributed by atoms with Gasteiger partial charge in [-0.1, -0.05) is 23.8 Å². The van der Waals surface area contributed by atoms with Gasteiger partial charge in [-0.15, -0.1) is 0 Å². The summed E-state index contributed by atoms with van der Waals surface area (Å²) in [5.74, 6) is 0. The number of aryl methyl sites for hydroxylation is 2. The zero-order chi connectivity index (χ0) is 12.4. The van der Waals surface area contributed by atoms with E-state index in [9.17, 15) is 0 Å². The van der Waals surface area contributed by atoms with Gasteiger partial charge in [0.15, 0.2) is 0 Å². The lowest BCUT2D eigenvalue weighted by Crippen LogP contribution is -1.98. The molecule has 2 aromatic rings. The van der Waals surface area contributed by atoms with Crippen LogP contribution in [0, 0.1) is 20.8 Å². The lowest BCUT2D eigenvalue weighted by molar-refractivity contribution is 1.35. The Morgan fingerprint density at radius 2 is 1.71 bits per heavy atom. The molecule has 88 valence electrons. The molecule has 0 aliphatic heterocycles. The molecule has 0 fully saturated rings. The van der Waals surface area contributed by atoms with Crippen molar-refractivity contribution in [2.24, 2.45) is 0 Å². The Bertz CT molecular complexity index is 545. The molecular formula is C15H18N2. The summed E-state index contributed by atoms with van der Waals surface area (Å²) in [5.41, 5.74) is 12.5. The van der Waals surface area contributed by atoms with Crippen LogP contribution in [0.25, 0.3) is 0 Å². The fourth-order valence-electron chi connectivity index (χ4n) is 1.89. The predicted octanol–water partition coefficient (Wildman–Crippen LogP) is 3.94. The second-order valence-electron chi connectivity index (χ2n) is 4.46. The van der Waals surface area contributed by atoms with Crippen LogP contribution in [0.15, 0.2) is 36.4 Å². The van der Waals surface area contributed by atoms with E-state index in [0.29, 0.717) is 0 Å². The Kier molecular flexibility index (Phi) is 3.05. The molecule has 0 heterocycles. The molecule has 0 spiro atoms. The van der Waals surface area contributed by atoms with Gasteiger partial charge < -0.3 is 11.1 Å². The van der Waals surface area contributed by atoms with Gasteiger partial charge in [-0.2, -0.15) is 0 Å². The van der Waals surface area contributed by atoms with Crippen LogP contribution in [-0.4, -0.2) is 0 Å². The summed E-state index contributed by atoms with van der Waals surface area (Å²) < 4.78 is 0. The van der Waals surface area contributed by atoms with E-state index in [2.05, 4.69) is 37.4 Å². The summed E-state index contributed by atoms with van der Waals surface area (Å²) in [4.78, 5) is 0. The molecule has 0 atom stereocenters. The number of benzene rings is 2. The third-order valence-corrected chi connectivity index (χ3v) is 3.03. The standard InChI is InChI=1S/C15H18N2/c1-10-7-8-14(11(2)9-10)17-15-6-4-5-13(16)12(15)3/h4-9,17H,16H2,1-3H3. The van der Waals surface area contributed by atoms with Crippen molar-refractivity contribution in [3.8, 4) is 0 Å². The molecule has 0 amide bonds. The van der Waals surface area contributed by atoms with E-state index in [4.69, 9.17) is 5.73 Å². The van der Waals surface area contributed by atoms with E-state index in [1.165, 1.54) is 11.1 Å². The summed E-state index contributed by atoms with van der Waals surface area (Å²) in [5, 5.41) is 3.43. The smallest absolute Gasteiger partial charge is 0.0434 e. The topological polar surface area (TPSA) is 38.0 Å². The van der Waals surface area contributed by atoms with Crippen molar-refractivity contribution in [3.63, 3.8) is 0 Å². The van der Waals surface area contributed by atoms with E-state index in [1.54, 1.807) is 0 Å². The minimum atomic E-state index is 0.819. The molecule has 0 aliphatic carbocycles. The highest BCUT2D eigenvalue weighted by molar-refractivity contribution is 5.70. The maximum Gasteiger partial charge on any atom is 0.0434 e. The van der Waals surface area contributed by atoms with Gasteiger partial charge in [-0.05, 0) is 50.1 Å². The number of hydrogen-bond donors (Lipinski definition) is 2. The second-order valence-corrected chi connectivity index (χ2v) is 4.46. The highest BCUT2D eigenvalue weighted by atomic mass is 14.9. The average molecular weight is 226 g/mol. The molecule has 3 N–H and O–H groups in total. The number of nitrogens with two attached hydrogens (primary N) is 1. The summed E-state index contributed by atoms with van der Waals surface area (Å²) in [6.45, 7) is 6.24. The maximum absolute atomic E-state index is 5.90. The van der Waals surface area contributed by atoms with Gasteiger partial charge in [0.2, 0.25) is 0 Å².